The summed E-state index contributed by atoms with van der Waals surface area (Å²) in [4.78, 5) is 19.4. The van der Waals surface area contributed by atoms with Crippen LogP contribution in [0.4, 0.5) is 13.2 Å². The molecule has 0 bridgehead atoms. The summed E-state index contributed by atoms with van der Waals surface area (Å²) < 4.78 is 39.9. The molecule has 3 aromatic rings. The van der Waals surface area contributed by atoms with Gasteiger partial charge in [0.1, 0.15) is 6.54 Å². The summed E-state index contributed by atoms with van der Waals surface area (Å²) in [7, 11) is 0. The number of alkyl halides is 3. The van der Waals surface area contributed by atoms with Crippen LogP contribution < -0.4 is 0 Å². The van der Waals surface area contributed by atoms with E-state index in [4.69, 9.17) is 0 Å². The molecule has 0 N–H and O–H groups in total. The number of halogens is 3. The molecule has 8 heteroatoms. The van der Waals surface area contributed by atoms with Crippen LogP contribution >= 0.6 is 0 Å². The Balaban J connectivity index is 1.58. The monoisotopic (exact) mass is 428 g/mol. The van der Waals surface area contributed by atoms with E-state index in [2.05, 4.69) is 10.1 Å². The summed E-state index contributed by atoms with van der Waals surface area (Å²) in [5.41, 5.74) is 3.07. The van der Waals surface area contributed by atoms with Gasteiger partial charge in [0.25, 0.3) is 0 Å². The summed E-state index contributed by atoms with van der Waals surface area (Å²) >= 11 is 0. The second-order valence-corrected chi connectivity index (χ2v) is 7.86. The third kappa shape index (κ3) is 4.47. The van der Waals surface area contributed by atoms with Gasteiger partial charge in [-0.1, -0.05) is 30.3 Å². The Morgan fingerprint density at radius 1 is 1.10 bits per heavy atom. The fourth-order valence-corrected chi connectivity index (χ4v) is 4.06. The maximum atomic E-state index is 13.0. The fourth-order valence-electron chi connectivity index (χ4n) is 4.06. The molecule has 31 heavy (non-hydrogen) atoms. The number of nitrogens with zero attached hydrogens (tertiary/aromatic N) is 4. The third-order valence-electron chi connectivity index (χ3n) is 5.55. The van der Waals surface area contributed by atoms with Crippen LogP contribution in [0.1, 0.15) is 41.7 Å². The lowest BCUT2D eigenvalue weighted by molar-refractivity contribution is -0.142. The lowest BCUT2D eigenvalue weighted by atomic mass is 10.0. The highest BCUT2D eigenvalue weighted by Gasteiger charge is 2.36. The van der Waals surface area contributed by atoms with E-state index >= 15 is 0 Å². The van der Waals surface area contributed by atoms with E-state index in [0.717, 1.165) is 46.1 Å². The summed E-state index contributed by atoms with van der Waals surface area (Å²) in [5.74, 6) is -0.257. The van der Waals surface area contributed by atoms with Crippen LogP contribution in [0.25, 0.3) is 11.1 Å². The van der Waals surface area contributed by atoms with Crippen LogP contribution in [0.3, 0.4) is 0 Å². The SMILES string of the molecule is Cc1cc(-c2ccccc2)cc([C@@H]2CCCN2C(=O)Cn2nc(C(F)(F)F)cc2C)n1. The highest BCUT2D eigenvalue weighted by Crippen LogP contribution is 2.34. The van der Waals surface area contributed by atoms with Gasteiger partial charge in [0.05, 0.1) is 11.7 Å². The Kier molecular flexibility index (Phi) is 5.56. The highest BCUT2D eigenvalue weighted by atomic mass is 19.4. The largest absolute Gasteiger partial charge is 0.435 e. The predicted octanol–water partition coefficient (Wildman–Crippen LogP) is 4.94. The van der Waals surface area contributed by atoms with Gasteiger partial charge in [-0.25, -0.2) is 0 Å². The van der Waals surface area contributed by atoms with E-state index < -0.39 is 11.9 Å². The number of amides is 1. The average Bonchev–Trinajstić information content (AvgIpc) is 3.35. The van der Waals surface area contributed by atoms with Crippen molar-refractivity contribution >= 4 is 5.91 Å². The summed E-state index contributed by atoms with van der Waals surface area (Å²) in [6.07, 6.45) is -2.95. The van der Waals surface area contributed by atoms with Crippen molar-refractivity contribution in [1.82, 2.24) is 19.7 Å². The zero-order valence-electron chi connectivity index (χ0n) is 17.4. The lowest BCUT2D eigenvalue weighted by Gasteiger charge is -2.25. The molecular weight excluding hydrogens is 405 g/mol. The van der Waals surface area contributed by atoms with Gasteiger partial charge >= 0.3 is 6.18 Å². The van der Waals surface area contributed by atoms with Crippen LogP contribution in [-0.2, 0) is 17.5 Å². The second kappa shape index (κ2) is 8.17. The zero-order chi connectivity index (χ0) is 22.2. The molecule has 162 valence electrons. The number of hydrogen-bond donors (Lipinski definition) is 0. The molecule has 5 nitrogen and oxygen atoms in total. The van der Waals surface area contributed by atoms with Crippen LogP contribution in [0.15, 0.2) is 48.5 Å². The molecule has 3 heterocycles. The quantitative estimate of drug-likeness (QED) is 0.591. The molecule has 2 aromatic heterocycles. The van der Waals surface area contributed by atoms with E-state index in [1.54, 1.807) is 4.90 Å². The minimum Gasteiger partial charge on any atom is -0.332 e. The van der Waals surface area contributed by atoms with Crippen molar-refractivity contribution in [2.75, 3.05) is 6.54 Å². The third-order valence-corrected chi connectivity index (χ3v) is 5.55. The van der Waals surface area contributed by atoms with Crippen molar-refractivity contribution in [2.24, 2.45) is 0 Å². The Labute approximate surface area is 178 Å². The molecule has 0 unspecified atom stereocenters. The van der Waals surface area contributed by atoms with Crippen LogP contribution in [0.2, 0.25) is 0 Å². The molecule has 0 spiro atoms. The maximum Gasteiger partial charge on any atom is 0.435 e. The van der Waals surface area contributed by atoms with Gasteiger partial charge in [-0.15, -0.1) is 0 Å². The molecule has 1 fully saturated rings. The Morgan fingerprint density at radius 2 is 1.84 bits per heavy atom. The van der Waals surface area contributed by atoms with Gasteiger partial charge in [-0.2, -0.15) is 18.3 Å². The number of hydrogen-bond acceptors (Lipinski definition) is 3. The van der Waals surface area contributed by atoms with E-state index in [9.17, 15) is 18.0 Å². The number of rotatable bonds is 4. The van der Waals surface area contributed by atoms with Crippen LogP contribution in [0.5, 0.6) is 0 Å². The fraction of sp³-hybridized carbons (Fsp3) is 0.348. The molecule has 0 radical (unpaired) electrons. The van der Waals surface area contributed by atoms with Crippen molar-refractivity contribution in [3.63, 3.8) is 0 Å². The standard InChI is InChI=1S/C23H23F3N4O/c1-15-11-18(17-7-4-3-5-8-17)13-19(27-15)20-9-6-10-29(20)22(31)14-30-16(2)12-21(28-30)23(24,25)26/h3-5,7-8,11-13,20H,6,9-10,14H2,1-2H3/t20-/m0/s1. The highest BCUT2D eigenvalue weighted by molar-refractivity contribution is 5.77. The van der Waals surface area contributed by atoms with E-state index in [-0.39, 0.29) is 18.5 Å². The number of carbonyl (C=O) groups is 1. The number of likely N-dealkylation sites (tertiary alicyclic amines) is 1. The van der Waals surface area contributed by atoms with Crippen LogP contribution in [0, 0.1) is 13.8 Å². The molecule has 1 atom stereocenters. The second-order valence-electron chi connectivity index (χ2n) is 7.86. The molecule has 1 aromatic carbocycles. The molecule has 4 rings (SSSR count). The number of pyridine rings is 1. The van der Waals surface area contributed by atoms with Crippen molar-refractivity contribution < 1.29 is 18.0 Å². The topological polar surface area (TPSA) is 51.0 Å². The smallest absolute Gasteiger partial charge is 0.332 e. The molecule has 0 saturated carbocycles. The van der Waals surface area contributed by atoms with Crippen molar-refractivity contribution in [3.8, 4) is 11.1 Å². The Hall–Kier alpha value is -3.16. The van der Waals surface area contributed by atoms with Gasteiger partial charge in [0.15, 0.2) is 5.69 Å². The van der Waals surface area contributed by atoms with Gasteiger partial charge in [0.2, 0.25) is 5.91 Å². The Bertz CT molecular complexity index is 1090. The van der Waals surface area contributed by atoms with Crippen molar-refractivity contribution in [1.29, 1.82) is 0 Å². The molecule has 1 aliphatic rings. The number of aromatic nitrogens is 3. The zero-order valence-corrected chi connectivity index (χ0v) is 17.4. The summed E-state index contributed by atoms with van der Waals surface area (Å²) in [6, 6.07) is 14.7. The van der Waals surface area contributed by atoms with Gasteiger partial charge in [-0.05, 0) is 56.0 Å². The first-order valence-electron chi connectivity index (χ1n) is 10.2. The summed E-state index contributed by atoms with van der Waals surface area (Å²) in [5, 5.41) is 3.59. The first kappa shape index (κ1) is 21.1. The first-order valence-corrected chi connectivity index (χ1v) is 10.2. The first-order chi connectivity index (χ1) is 14.7. The lowest BCUT2D eigenvalue weighted by Crippen LogP contribution is -2.34. The van der Waals surface area contributed by atoms with Gasteiger partial charge in [0, 0.05) is 17.9 Å². The van der Waals surface area contributed by atoms with Crippen molar-refractivity contribution in [2.45, 2.75) is 45.5 Å². The molecular formula is C23H23F3N4O. The minimum absolute atomic E-state index is 0.201. The summed E-state index contributed by atoms with van der Waals surface area (Å²) in [6.45, 7) is 3.76. The number of aryl methyl sites for hydroxylation is 2. The minimum atomic E-state index is -4.53. The maximum absolute atomic E-state index is 13.0. The normalized spacial score (nSPS) is 16.7. The molecule has 1 amide bonds. The molecule has 1 saturated heterocycles. The van der Waals surface area contributed by atoms with Crippen molar-refractivity contribution in [3.05, 3.63) is 71.3 Å². The average molecular weight is 428 g/mol. The Morgan fingerprint density at radius 3 is 2.52 bits per heavy atom. The van der Waals surface area contributed by atoms with Gasteiger partial charge < -0.3 is 4.90 Å². The van der Waals surface area contributed by atoms with Gasteiger partial charge in [-0.3, -0.25) is 14.5 Å². The number of benzene rings is 1. The molecule has 1 aliphatic heterocycles. The number of carbonyl (C=O) groups excluding carboxylic acids is 1. The van der Waals surface area contributed by atoms with E-state index in [1.165, 1.54) is 6.92 Å². The molecule has 0 aliphatic carbocycles. The van der Waals surface area contributed by atoms with Crippen LogP contribution in [-0.4, -0.2) is 32.1 Å². The van der Waals surface area contributed by atoms with E-state index in [1.807, 2.05) is 49.4 Å². The predicted molar refractivity (Wildman–Crippen MR) is 110 cm³/mol. The van der Waals surface area contributed by atoms with E-state index in [0.29, 0.717) is 12.2 Å².